The smallest absolute Gasteiger partial charge is 0.279 e. The van der Waals surface area contributed by atoms with E-state index in [0.717, 1.165) is 16.8 Å². The highest BCUT2D eigenvalue weighted by atomic mass is 35.5. The summed E-state index contributed by atoms with van der Waals surface area (Å²) in [5, 5.41) is 2.67. The van der Waals surface area contributed by atoms with E-state index in [0.29, 0.717) is 21.9 Å². The van der Waals surface area contributed by atoms with E-state index >= 15 is 0 Å². The molecule has 0 N–H and O–H groups in total. The van der Waals surface area contributed by atoms with Crippen molar-refractivity contribution in [3.8, 4) is 11.3 Å². The molecule has 0 aliphatic rings. The van der Waals surface area contributed by atoms with Gasteiger partial charge in [-0.2, -0.15) is 4.99 Å². The van der Waals surface area contributed by atoms with Crippen LogP contribution in [-0.2, 0) is 6.54 Å². The largest absolute Gasteiger partial charge is 0.312 e. The molecule has 0 radical (unpaired) electrons. The maximum absolute atomic E-state index is 12.6. The molecule has 0 aliphatic carbocycles. The van der Waals surface area contributed by atoms with Crippen LogP contribution in [0.2, 0.25) is 5.02 Å². The second-order valence-corrected chi connectivity index (χ2v) is 7.48. The molecule has 4 aromatic rings. The Bertz CT molecular complexity index is 1160. The standard InChI is InChI=1S/C23H17ClN2OS/c24-20-14-8-7-13-19(20)21-16-28-23(25-22(27)18-11-5-2-6-12-18)26(21)15-17-9-3-1-4-10-17/h1-14,16H,15H2. The summed E-state index contributed by atoms with van der Waals surface area (Å²) in [6.07, 6.45) is 0. The van der Waals surface area contributed by atoms with E-state index in [1.54, 1.807) is 12.1 Å². The van der Waals surface area contributed by atoms with Gasteiger partial charge < -0.3 is 4.57 Å². The van der Waals surface area contributed by atoms with Crippen molar-refractivity contribution in [1.29, 1.82) is 0 Å². The first-order valence-electron chi connectivity index (χ1n) is 8.83. The molecule has 0 saturated heterocycles. The molecule has 3 nitrogen and oxygen atoms in total. The first-order chi connectivity index (χ1) is 13.7. The van der Waals surface area contributed by atoms with Crippen molar-refractivity contribution >= 4 is 28.8 Å². The lowest BCUT2D eigenvalue weighted by molar-refractivity contribution is 0.0998. The van der Waals surface area contributed by atoms with Gasteiger partial charge in [-0.05, 0) is 23.8 Å². The Hall–Kier alpha value is -2.95. The highest BCUT2D eigenvalue weighted by molar-refractivity contribution is 7.07. The van der Waals surface area contributed by atoms with Gasteiger partial charge in [-0.15, -0.1) is 11.3 Å². The number of benzene rings is 3. The molecule has 4 rings (SSSR count). The average molecular weight is 405 g/mol. The fourth-order valence-electron chi connectivity index (χ4n) is 2.95. The SMILES string of the molecule is O=C(N=c1scc(-c2ccccc2Cl)n1Cc1ccccc1)c1ccccc1. The molecule has 0 fully saturated rings. The first kappa shape index (κ1) is 18.4. The molecular weight excluding hydrogens is 388 g/mol. The molecule has 3 aromatic carbocycles. The molecule has 1 amide bonds. The number of nitrogens with zero attached hydrogens (tertiary/aromatic N) is 2. The zero-order valence-corrected chi connectivity index (χ0v) is 16.5. The van der Waals surface area contributed by atoms with Crippen molar-refractivity contribution < 1.29 is 4.79 Å². The summed E-state index contributed by atoms with van der Waals surface area (Å²) in [6.45, 7) is 0.603. The van der Waals surface area contributed by atoms with Gasteiger partial charge in [0.1, 0.15) is 0 Å². The van der Waals surface area contributed by atoms with E-state index in [1.165, 1.54) is 11.3 Å². The van der Waals surface area contributed by atoms with E-state index in [9.17, 15) is 4.79 Å². The quantitative estimate of drug-likeness (QED) is 0.432. The molecule has 0 saturated carbocycles. The summed E-state index contributed by atoms with van der Waals surface area (Å²) in [5.74, 6) is -0.255. The van der Waals surface area contributed by atoms with E-state index in [4.69, 9.17) is 11.6 Å². The molecule has 0 spiro atoms. The van der Waals surface area contributed by atoms with Crippen LogP contribution in [0, 0.1) is 0 Å². The van der Waals surface area contributed by atoms with Crippen LogP contribution < -0.4 is 4.80 Å². The third kappa shape index (κ3) is 3.98. The van der Waals surface area contributed by atoms with Crippen LogP contribution in [-0.4, -0.2) is 10.5 Å². The monoisotopic (exact) mass is 404 g/mol. The summed E-state index contributed by atoms with van der Waals surface area (Å²) in [5.41, 5.74) is 3.56. The third-order valence-electron chi connectivity index (χ3n) is 4.35. The second-order valence-electron chi connectivity index (χ2n) is 6.24. The van der Waals surface area contributed by atoms with Crippen molar-refractivity contribution in [2.75, 3.05) is 0 Å². The number of halogens is 1. The van der Waals surface area contributed by atoms with Crippen LogP contribution in [0.15, 0.2) is 95.3 Å². The van der Waals surface area contributed by atoms with Crippen molar-refractivity contribution in [3.63, 3.8) is 0 Å². The van der Waals surface area contributed by atoms with Crippen molar-refractivity contribution in [1.82, 2.24) is 4.57 Å². The van der Waals surface area contributed by atoms with Gasteiger partial charge in [0.2, 0.25) is 0 Å². The van der Waals surface area contributed by atoms with Gasteiger partial charge in [0.25, 0.3) is 5.91 Å². The van der Waals surface area contributed by atoms with E-state index in [-0.39, 0.29) is 5.91 Å². The Kier molecular flexibility index (Phi) is 5.51. The number of hydrogen-bond acceptors (Lipinski definition) is 2. The molecular formula is C23H17ClN2OS. The molecule has 138 valence electrons. The minimum atomic E-state index is -0.255. The maximum Gasteiger partial charge on any atom is 0.279 e. The average Bonchev–Trinajstić information content (AvgIpc) is 3.11. The molecule has 0 unspecified atom stereocenters. The number of carbonyl (C=O) groups is 1. The number of hydrogen-bond donors (Lipinski definition) is 0. The lowest BCUT2D eigenvalue weighted by atomic mass is 10.1. The van der Waals surface area contributed by atoms with Gasteiger partial charge in [-0.3, -0.25) is 4.79 Å². The Balaban J connectivity index is 1.84. The minimum Gasteiger partial charge on any atom is -0.312 e. The molecule has 0 atom stereocenters. The number of aromatic nitrogens is 1. The van der Waals surface area contributed by atoms with Crippen LogP contribution in [0.4, 0.5) is 0 Å². The first-order valence-corrected chi connectivity index (χ1v) is 10.1. The topological polar surface area (TPSA) is 34.4 Å². The lowest BCUT2D eigenvalue weighted by Crippen LogP contribution is -2.19. The molecule has 1 heterocycles. The Morgan fingerprint density at radius 1 is 0.893 bits per heavy atom. The molecule has 0 bridgehead atoms. The minimum absolute atomic E-state index is 0.255. The van der Waals surface area contributed by atoms with E-state index < -0.39 is 0 Å². The molecule has 28 heavy (non-hydrogen) atoms. The van der Waals surface area contributed by atoms with Crippen molar-refractivity contribution in [2.24, 2.45) is 4.99 Å². The van der Waals surface area contributed by atoms with Gasteiger partial charge >= 0.3 is 0 Å². The van der Waals surface area contributed by atoms with Crippen LogP contribution >= 0.6 is 22.9 Å². The Morgan fingerprint density at radius 3 is 2.25 bits per heavy atom. The Morgan fingerprint density at radius 2 is 1.54 bits per heavy atom. The zero-order chi connectivity index (χ0) is 19.3. The summed E-state index contributed by atoms with van der Waals surface area (Å²) in [4.78, 5) is 17.7. The maximum atomic E-state index is 12.6. The van der Waals surface area contributed by atoms with Crippen LogP contribution in [0.3, 0.4) is 0 Å². The molecule has 0 aliphatic heterocycles. The predicted molar refractivity (Wildman–Crippen MR) is 115 cm³/mol. The van der Waals surface area contributed by atoms with Gasteiger partial charge in [-0.25, -0.2) is 0 Å². The van der Waals surface area contributed by atoms with Crippen LogP contribution in [0.25, 0.3) is 11.3 Å². The second kappa shape index (κ2) is 8.38. The summed E-state index contributed by atoms with van der Waals surface area (Å²) in [7, 11) is 0. The van der Waals surface area contributed by atoms with Crippen LogP contribution in [0.1, 0.15) is 15.9 Å². The lowest BCUT2D eigenvalue weighted by Gasteiger charge is -2.10. The third-order valence-corrected chi connectivity index (χ3v) is 5.54. The van der Waals surface area contributed by atoms with Crippen LogP contribution in [0.5, 0.6) is 0 Å². The van der Waals surface area contributed by atoms with Gasteiger partial charge in [0.15, 0.2) is 4.80 Å². The van der Waals surface area contributed by atoms with Gasteiger partial charge in [0.05, 0.1) is 12.2 Å². The number of rotatable bonds is 4. The fraction of sp³-hybridized carbons (Fsp3) is 0.0435. The highest BCUT2D eigenvalue weighted by Crippen LogP contribution is 2.28. The normalized spacial score (nSPS) is 11.5. The highest BCUT2D eigenvalue weighted by Gasteiger charge is 2.13. The van der Waals surface area contributed by atoms with E-state index in [1.807, 2.05) is 70.6 Å². The number of amides is 1. The zero-order valence-electron chi connectivity index (χ0n) is 15.0. The summed E-state index contributed by atoms with van der Waals surface area (Å²) < 4.78 is 2.04. The number of carbonyl (C=O) groups excluding carboxylic acids is 1. The number of thiazole rings is 1. The van der Waals surface area contributed by atoms with Crippen molar-refractivity contribution in [3.05, 3.63) is 111 Å². The molecule has 5 heteroatoms. The van der Waals surface area contributed by atoms with Gasteiger partial charge in [-0.1, -0.05) is 78.3 Å². The predicted octanol–water partition coefficient (Wildman–Crippen LogP) is 5.66. The van der Waals surface area contributed by atoms with Crippen molar-refractivity contribution in [2.45, 2.75) is 6.54 Å². The fourth-order valence-corrected chi connectivity index (χ4v) is 4.08. The summed E-state index contributed by atoms with van der Waals surface area (Å²) in [6, 6.07) is 26.9. The summed E-state index contributed by atoms with van der Waals surface area (Å²) >= 11 is 7.88. The van der Waals surface area contributed by atoms with Gasteiger partial charge in [0, 0.05) is 21.5 Å². The van der Waals surface area contributed by atoms with E-state index in [2.05, 4.69) is 17.1 Å². The Labute approximate surface area is 172 Å². The molecule has 1 aromatic heterocycles.